The molecule has 11 nitrogen and oxygen atoms in total. The van der Waals surface area contributed by atoms with Crippen molar-refractivity contribution in [1.82, 2.24) is 19.8 Å². The molecule has 2 amide bonds. The molecule has 0 radical (unpaired) electrons. The van der Waals surface area contributed by atoms with Crippen molar-refractivity contribution in [3.63, 3.8) is 0 Å². The summed E-state index contributed by atoms with van der Waals surface area (Å²) in [5.41, 5.74) is 2.22. The highest BCUT2D eigenvalue weighted by molar-refractivity contribution is 6.43. The van der Waals surface area contributed by atoms with Gasteiger partial charge in [0.05, 0.1) is 29.4 Å². The smallest absolute Gasteiger partial charge is 0.481 e. The Labute approximate surface area is 276 Å². The van der Waals surface area contributed by atoms with Crippen LogP contribution in [0.5, 0.6) is 5.88 Å². The van der Waals surface area contributed by atoms with Gasteiger partial charge in [-0.1, -0.05) is 53.0 Å². The summed E-state index contributed by atoms with van der Waals surface area (Å²) in [7, 11) is 1.46. The molecular weight excluding hydrogens is 647 g/mol. The number of carboxylic acid groups (broad SMARTS) is 1. The fourth-order valence-corrected chi connectivity index (χ4v) is 5.63. The van der Waals surface area contributed by atoms with E-state index < -0.39 is 24.5 Å². The Morgan fingerprint density at radius 1 is 1.00 bits per heavy atom. The number of halogens is 3. The summed E-state index contributed by atoms with van der Waals surface area (Å²) in [5, 5.41) is 10.9. The third kappa shape index (κ3) is 8.47. The molecule has 2 aromatic heterocycles. The first kappa shape index (κ1) is 34.1. The summed E-state index contributed by atoms with van der Waals surface area (Å²) in [5.74, 6) is -0.128. The van der Waals surface area contributed by atoms with E-state index in [0.29, 0.717) is 58.9 Å². The lowest BCUT2D eigenvalue weighted by atomic mass is 10.0. The highest BCUT2D eigenvalue weighted by Gasteiger charge is 2.31. The van der Waals surface area contributed by atoms with Crippen molar-refractivity contribution in [3.05, 3.63) is 63.4 Å². The van der Waals surface area contributed by atoms with Crippen LogP contribution >= 0.6 is 34.8 Å². The van der Waals surface area contributed by atoms with Crippen LogP contribution in [0.1, 0.15) is 39.2 Å². The number of aromatic nitrogens is 2. The first-order chi connectivity index (χ1) is 21.3. The Kier molecular flexibility index (Phi) is 11.0. The number of piperidine rings is 1. The van der Waals surface area contributed by atoms with E-state index in [2.05, 4.69) is 9.97 Å². The molecule has 3 aromatic rings. The van der Waals surface area contributed by atoms with Crippen molar-refractivity contribution < 1.29 is 33.7 Å². The zero-order valence-electron chi connectivity index (χ0n) is 25.2. The molecule has 1 aliphatic rings. The van der Waals surface area contributed by atoms with Crippen molar-refractivity contribution >= 4 is 53.0 Å². The van der Waals surface area contributed by atoms with Crippen LogP contribution in [0.2, 0.25) is 15.2 Å². The Morgan fingerprint density at radius 2 is 1.67 bits per heavy atom. The number of carbonyl (C=O) groups is 3. The molecule has 0 spiro atoms. The van der Waals surface area contributed by atoms with Gasteiger partial charge in [-0.05, 0) is 51.8 Å². The van der Waals surface area contributed by atoms with Crippen LogP contribution < -0.4 is 4.74 Å². The number of nitrogens with zero attached hydrogens (tertiary/aromatic N) is 4. The lowest BCUT2D eigenvalue weighted by molar-refractivity contribution is -0.137. The second-order valence-corrected chi connectivity index (χ2v) is 12.4. The summed E-state index contributed by atoms with van der Waals surface area (Å²) < 4.78 is 15.6. The van der Waals surface area contributed by atoms with Crippen LogP contribution in [0.4, 0.5) is 9.59 Å². The number of methoxy groups -OCH3 is 1. The second kappa shape index (κ2) is 14.5. The van der Waals surface area contributed by atoms with E-state index in [9.17, 15) is 19.5 Å². The Balaban J connectivity index is 1.45. The molecule has 1 aliphatic heterocycles. The summed E-state index contributed by atoms with van der Waals surface area (Å²) in [6.45, 7) is 5.27. The zero-order chi connectivity index (χ0) is 32.9. The highest BCUT2D eigenvalue weighted by Crippen LogP contribution is 2.40. The number of carbonyl (C=O) groups excluding carboxylic acids is 2. The fourth-order valence-electron chi connectivity index (χ4n) is 4.94. The first-order valence-electron chi connectivity index (χ1n) is 14.0. The van der Waals surface area contributed by atoms with Gasteiger partial charge in [-0.25, -0.2) is 19.6 Å². The lowest BCUT2D eigenvalue weighted by Crippen LogP contribution is -2.49. The van der Waals surface area contributed by atoms with E-state index in [1.54, 1.807) is 56.1 Å². The minimum Gasteiger partial charge on any atom is -0.481 e. The van der Waals surface area contributed by atoms with E-state index >= 15 is 0 Å². The Morgan fingerprint density at radius 3 is 2.31 bits per heavy atom. The molecule has 0 unspecified atom stereocenters. The van der Waals surface area contributed by atoms with Crippen molar-refractivity contribution in [2.45, 2.75) is 51.8 Å². The third-order valence-electron chi connectivity index (χ3n) is 7.09. The summed E-state index contributed by atoms with van der Waals surface area (Å²) in [6, 6.07) is 10.3. The number of hydrogen-bond donors (Lipinski definition) is 1. The number of rotatable bonds is 8. The summed E-state index contributed by atoms with van der Waals surface area (Å²) >= 11 is 19.3. The fraction of sp³-hybridized carbons (Fsp3) is 0.387. The van der Waals surface area contributed by atoms with Crippen LogP contribution in [0.3, 0.4) is 0 Å². The molecule has 240 valence electrons. The molecule has 0 aliphatic carbocycles. The van der Waals surface area contributed by atoms with E-state index in [4.69, 9.17) is 49.0 Å². The van der Waals surface area contributed by atoms with Gasteiger partial charge in [-0.15, -0.1) is 0 Å². The van der Waals surface area contributed by atoms with E-state index in [0.717, 1.165) is 0 Å². The van der Waals surface area contributed by atoms with Gasteiger partial charge in [0.15, 0.2) is 6.61 Å². The average molecular weight is 680 g/mol. The normalized spacial score (nSPS) is 13.7. The molecule has 4 rings (SSSR count). The van der Waals surface area contributed by atoms with Crippen molar-refractivity contribution in [2.24, 2.45) is 0 Å². The van der Waals surface area contributed by atoms with Crippen molar-refractivity contribution in [3.8, 4) is 28.3 Å². The van der Waals surface area contributed by atoms with Gasteiger partial charge in [0.2, 0.25) is 5.88 Å². The topological polar surface area (TPSA) is 131 Å². The van der Waals surface area contributed by atoms with Gasteiger partial charge in [-0.2, -0.15) is 0 Å². The molecule has 1 fully saturated rings. The van der Waals surface area contributed by atoms with Gasteiger partial charge < -0.3 is 29.1 Å². The zero-order valence-corrected chi connectivity index (χ0v) is 27.4. The van der Waals surface area contributed by atoms with E-state index in [-0.39, 0.29) is 34.5 Å². The van der Waals surface area contributed by atoms with Crippen LogP contribution in [-0.2, 0) is 20.8 Å². The molecule has 45 heavy (non-hydrogen) atoms. The molecule has 3 heterocycles. The first-order valence-corrected chi connectivity index (χ1v) is 15.2. The maximum atomic E-state index is 12.6. The van der Waals surface area contributed by atoms with Gasteiger partial charge >= 0.3 is 12.2 Å². The second-order valence-electron chi connectivity index (χ2n) is 11.3. The van der Waals surface area contributed by atoms with E-state index in [1.165, 1.54) is 12.0 Å². The molecule has 1 aromatic carbocycles. The van der Waals surface area contributed by atoms with Crippen molar-refractivity contribution in [1.29, 1.82) is 0 Å². The summed E-state index contributed by atoms with van der Waals surface area (Å²) in [4.78, 5) is 48.2. The number of likely N-dealkylation sites (tertiary alicyclic amines) is 1. The third-order valence-corrected chi connectivity index (χ3v) is 8.26. The minimum absolute atomic E-state index is 0.0189. The van der Waals surface area contributed by atoms with Gasteiger partial charge in [0.1, 0.15) is 10.8 Å². The average Bonchev–Trinajstić information content (AvgIpc) is 2.99. The number of pyridine rings is 2. The van der Waals surface area contributed by atoms with E-state index in [1.807, 2.05) is 12.1 Å². The van der Waals surface area contributed by atoms with Crippen LogP contribution in [0.25, 0.3) is 22.4 Å². The van der Waals surface area contributed by atoms with Crippen molar-refractivity contribution in [2.75, 3.05) is 26.8 Å². The minimum atomic E-state index is -1.11. The summed E-state index contributed by atoms with van der Waals surface area (Å²) in [6.07, 6.45) is 0.321. The maximum absolute atomic E-state index is 12.6. The monoisotopic (exact) mass is 678 g/mol. The molecule has 0 bridgehead atoms. The molecular formula is C31H33Cl3N4O7. The van der Waals surface area contributed by atoms with Crippen LogP contribution in [0, 0.1) is 0 Å². The SMILES string of the molecule is COc1nc(-c2cccc(-c3ccnc(Cl)c3Cl)c2Cl)ccc1CN(C(=O)O)C1CCN(C(=O)COC(=O)OC(C)(C)C)CC1. The Hall–Kier alpha value is -3.80. The van der Waals surface area contributed by atoms with Gasteiger partial charge in [-0.3, -0.25) is 4.79 Å². The van der Waals surface area contributed by atoms with Crippen LogP contribution in [0.15, 0.2) is 42.6 Å². The predicted molar refractivity (Wildman–Crippen MR) is 170 cm³/mol. The molecule has 14 heteroatoms. The number of ether oxygens (including phenoxy) is 3. The maximum Gasteiger partial charge on any atom is 0.509 e. The standard InChI is InChI=1S/C31H33Cl3N4O7/c1-31(2,3)45-30(42)44-17-24(39)37-14-11-19(12-15-37)38(29(40)41)16-18-8-9-23(36-28(18)43-4)22-7-5-6-20(25(22)32)21-10-13-35-27(34)26(21)33/h5-10,13,19H,11-12,14-17H2,1-4H3,(H,40,41). The number of amides is 2. The largest absolute Gasteiger partial charge is 0.509 e. The van der Waals surface area contributed by atoms with Gasteiger partial charge in [0, 0.05) is 47.6 Å². The molecule has 0 atom stereocenters. The Bertz CT molecular complexity index is 1570. The molecule has 0 saturated carbocycles. The van der Waals surface area contributed by atoms with Gasteiger partial charge in [0.25, 0.3) is 5.91 Å². The lowest BCUT2D eigenvalue weighted by Gasteiger charge is -2.37. The molecule has 1 saturated heterocycles. The number of benzene rings is 1. The predicted octanol–water partition coefficient (Wildman–Crippen LogP) is 7.20. The highest BCUT2D eigenvalue weighted by atomic mass is 35.5. The van der Waals surface area contributed by atoms with Crippen LogP contribution in [-0.4, -0.2) is 81.5 Å². The molecule has 1 N–H and O–H groups in total. The number of hydrogen-bond acceptors (Lipinski definition) is 8. The quantitative estimate of drug-likeness (QED) is 0.194.